The van der Waals surface area contributed by atoms with Crippen molar-refractivity contribution < 1.29 is 9.18 Å². The quantitative estimate of drug-likeness (QED) is 0.887. The predicted molar refractivity (Wildman–Crippen MR) is 81.6 cm³/mol. The lowest BCUT2D eigenvalue weighted by atomic mass is 10.0. The van der Waals surface area contributed by atoms with E-state index in [4.69, 9.17) is 0 Å². The van der Waals surface area contributed by atoms with Crippen molar-refractivity contribution in [3.05, 3.63) is 35.1 Å². The third-order valence-corrected chi connectivity index (χ3v) is 3.90. The maximum atomic E-state index is 14.0. The third kappa shape index (κ3) is 4.25. The van der Waals surface area contributed by atoms with Gasteiger partial charge in [0, 0.05) is 38.3 Å². The van der Waals surface area contributed by atoms with Crippen LogP contribution in [0.4, 0.5) is 4.39 Å². The summed E-state index contributed by atoms with van der Waals surface area (Å²) in [5.74, 6) is -0.0655. The summed E-state index contributed by atoms with van der Waals surface area (Å²) in [7, 11) is 1.87. The summed E-state index contributed by atoms with van der Waals surface area (Å²) >= 11 is 0. The summed E-state index contributed by atoms with van der Waals surface area (Å²) in [4.78, 5) is 16.0. The number of nitrogens with zero attached hydrogens (tertiary/aromatic N) is 2. The number of amides is 1. The molecule has 116 valence electrons. The Morgan fingerprint density at radius 1 is 1.38 bits per heavy atom. The number of benzene rings is 1. The van der Waals surface area contributed by atoms with Gasteiger partial charge in [0.15, 0.2) is 0 Å². The largest absolute Gasteiger partial charge is 0.339 e. The average Bonchev–Trinajstić information content (AvgIpc) is 2.50. The SMILES string of the molecule is CCc1cccc(F)c1CN(C)CC(=O)N1CCNCC1. The van der Waals surface area contributed by atoms with Crippen LogP contribution in [0.2, 0.25) is 0 Å². The first-order valence-corrected chi connectivity index (χ1v) is 7.55. The molecule has 1 fully saturated rings. The molecule has 1 saturated heterocycles. The molecule has 0 radical (unpaired) electrons. The first kappa shape index (κ1) is 15.9. The molecule has 0 bridgehead atoms. The maximum Gasteiger partial charge on any atom is 0.236 e. The van der Waals surface area contributed by atoms with Gasteiger partial charge in [0.05, 0.1) is 6.54 Å². The second-order valence-electron chi connectivity index (χ2n) is 5.53. The first-order chi connectivity index (χ1) is 10.1. The van der Waals surface area contributed by atoms with Gasteiger partial charge in [-0.1, -0.05) is 19.1 Å². The van der Waals surface area contributed by atoms with Gasteiger partial charge in [0.1, 0.15) is 5.82 Å². The molecule has 1 aromatic rings. The van der Waals surface area contributed by atoms with E-state index in [9.17, 15) is 9.18 Å². The Morgan fingerprint density at radius 3 is 2.76 bits per heavy atom. The Labute approximate surface area is 125 Å². The molecule has 1 aliphatic rings. The van der Waals surface area contributed by atoms with Crippen LogP contribution in [0.15, 0.2) is 18.2 Å². The smallest absolute Gasteiger partial charge is 0.236 e. The molecule has 1 N–H and O–H groups in total. The van der Waals surface area contributed by atoms with E-state index in [0.717, 1.165) is 38.2 Å². The van der Waals surface area contributed by atoms with Crippen LogP contribution in [0.3, 0.4) is 0 Å². The summed E-state index contributed by atoms with van der Waals surface area (Å²) in [6.45, 7) is 6.03. The van der Waals surface area contributed by atoms with Crippen molar-refractivity contribution in [1.29, 1.82) is 0 Å². The second kappa shape index (κ2) is 7.52. The van der Waals surface area contributed by atoms with Gasteiger partial charge in [0.25, 0.3) is 0 Å². The molecule has 2 rings (SSSR count). The Bertz CT molecular complexity index is 486. The number of rotatable bonds is 5. The zero-order valence-corrected chi connectivity index (χ0v) is 12.9. The van der Waals surface area contributed by atoms with Crippen LogP contribution >= 0.6 is 0 Å². The summed E-state index contributed by atoms with van der Waals surface area (Å²) < 4.78 is 14.0. The minimum atomic E-state index is -0.184. The molecule has 0 unspecified atom stereocenters. The van der Waals surface area contributed by atoms with Crippen LogP contribution in [0, 0.1) is 5.82 Å². The van der Waals surface area contributed by atoms with E-state index in [2.05, 4.69) is 5.32 Å². The number of piperazine rings is 1. The highest BCUT2D eigenvalue weighted by Crippen LogP contribution is 2.16. The van der Waals surface area contributed by atoms with Crippen molar-refractivity contribution in [2.75, 3.05) is 39.8 Å². The van der Waals surface area contributed by atoms with Crippen LogP contribution in [-0.4, -0.2) is 55.5 Å². The molecule has 1 aliphatic heterocycles. The van der Waals surface area contributed by atoms with Gasteiger partial charge in [-0.05, 0) is 25.1 Å². The Morgan fingerprint density at radius 2 is 2.10 bits per heavy atom. The van der Waals surface area contributed by atoms with E-state index in [0.29, 0.717) is 18.7 Å². The number of halogens is 1. The monoisotopic (exact) mass is 293 g/mol. The van der Waals surface area contributed by atoms with Gasteiger partial charge < -0.3 is 10.2 Å². The van der Waals surface area contributed by atoms with E-state index >= 15 is 0 Å². The van der Waals surface area contributed by atoms with E-state index in [1.807, 2.05) is 29.8 Å². The Kier molecular flexibility index (Phi) is 5.70. The number of hydrogen-bond donors (Lipinski definition) is 1. The van der Waals surface area contributed by atoms with Crippen molar-refractivity contribution in [2.24, 2.45) is 0 Å². The van der Waals surface area contributed by atoms with Gasteiger partial charge >= 0.3 is 0 Å². The summed E-state index contributed by atoms with van der Waals surface area (Å²) in [6.07, 6.45) is 0.798. The lowest BCUT2D eigenvalue weighted by Gasteiger charge is -2.29. The lowest BCUT2D eigenvalue weighted by molar-refractivity contribution is -0.132. The highest BCUT2D eigenvalue weighted by atomic mass is 19.1. The topological polar surface area (TPSA) is 35.6 Å². The molecule has 0 aliphatic carbocycles. The van der Waals surface area contributed by atoms with Gasteiger partial charge in [-0.3, -0.25) is 9.69 Å². The van der Waals surface area contributed by atoms with Gasteiger partial charge in [-0.25, -0.2) is 4.39 Å². The van der Waals surface area contributed by atoms with Crippen LogP contribution in [0.1, 0.15) is 18.1 Å². The maximum absolute atomic E-state index is 14.0. The third-order valence-electron chi connectivity index (χ3n) is 3.90. The molecule has 1 heterocycles. The number of aryl methyl sites for hydroxylation is 1. The van der Waals surface area contributed by atoms with Crippen molar-refractivity contribution in [3.63, 3.8) is 0 Å². The van der Waals surface area contributed by atoms with Crippen molar-refractivity contribution >= 4 is 5.91 Å². The zero-order chi connectivity index (χ0) is 15.2. The van der Waals surface area contributed by atoms with Crippen molar-refractivity contribution in [3.8, 4) is 0 Å². The highest BCUT2D eigenvalue weighted by Gasteiger charge is 2.18. The van der Waals surface area contributed by atoms with E-state index in [1.54, 1.807) is 6.07 Å². The fraction of sp³-hybridized carbons (Fsp3) is 0.562. The molecule has 0 saturated carbocycles. The van der Waals surface area contributed by atoms with E-state index < -0.39 is 0 Å². The molecule has 1 amide bonds. The zero-order valence-electron chi connectivity index (χ0n) is 12.9. The van der Waals surface area contributed by atoms with Gasteiger partial charge in [0.2, 0.25) is 5.91 Å². The van der Waals surface area contributed by atoms with Crippen molar-refractivity contribution in [1.82, 2.24) is 15.1 Å². The number of likely N-dealkylation sites (N-methyl/N-ethyl adjacent to an activating group) is 1. The molecule has 0 aromatic heterocycles. The van der Waals surface area contributed by atoms with Crippen LogP contribution in [0.25, 0.3) is 0 Å². The number of hydrogen-bond acceptors (Lipinski definition) is 3. The van der Waals surface area contributed by atoms with Crippen LogP contribution in [0.5, 0.6) is 0 Å². The number of nitrogens with one attached hydrogen (secondary N) is 1. The standard InChI is InChI=1S/C16H24FN3O/c1-3-13-5-4-6-15(17)14(13)11-19(2)12-16(21)20-9-7-18-8-10-20/h4-6,18H,3,7-12H2,1-2H3. The number of carbonyl (C=O) groups is 1. The van der Waals surface area contributed by atoms with Gasteiger partial charge in [-0.15, -0.1) is 0 Å². The van der Waals surface area contributed by atoms with Gasteiger partial charge in [-0.2, -0.15) is 0 Å². The lowest BCUT2D eigenvalue weighted by Crippen LogP contribution is -2.49. The summed E-state index contributed by atoms with van der Waals surface area (Å²) in [6, 6.07) is 5.17. The Hall–Kier alpha value is -1.46. The fourth-order valence-corrected chi connectivity index (χ4v) is 2.68. The van der Waals surface area contributed by atoms with Crippen LogP contribution in [-0.2, 0) is 17.8 Å². The predicted octanol–water partition coefficient (Wildman–Crippen LogP) is 1.25. The molecular formula is C16H24FN3O. The van der Waals surface area contributed by atoms with Crippen LogP contribution < -0.4 is 5.32 Å². The minimum Gasteiger partial charge on any atom is -0.339 e. The molecule has 21 heavy (non-hydrogen) atoms. The molecular weight excluding hydrogens is 269 g/mol. The van der Waals surface area contributed by atoms with Crippen molar-refractivity contribution in [2.45, 2.75) is 19.9 Å². The second-order valence-corrected chi connectivity index (χ2v) is 5.53. The first-order valence-electron chi connectivity index (χ1n) is 7.55. The Balaban J connectivity index is 1.95. The van der Waals surface area contributed by atoms with E-state index in [1.165, 1.54) is 6.07 Å². The summed E-state index contributed by atoms with van der Waals surface area (Å²) in [5.41, 5.74) is 1.71. The van der Waals surface area contributed by atoms with E-state index in [-0.39, 0.29) is 11.7 Å². The molecule has 5 heteroatoms. The summed E-state index contributed by atoms with van der Waals surface area (Å²) in [5, 5.41) is 3.23. The molecule has 4 nitrogen and oxygen atoms in total. The molecule has 0 spiro atoms. The molecule has 1 aromatic carbocycles. The number of carbonyl (C=O) groups excluding carboxylic acids is 1. The molecule has 0 atom stereocenters. The highest BCUT2D eigenvalue weighted by molar-refractivity contribution is 5.78. The fourth-order valence-electron chi connectivity index (χ4n) is 2.68. The normalized spacial score (nSPS) is 15.5. The minimum absolute atomic E-state index is 0.119. The average molecular weight is 293 g/mol.